The molecule has 2 aliphatic heterocycles. The molecular weight excluding hydrogens is 420 g/mol. The molecule has 1 unspecified atom stereocenters. The first-order valence-electron chi connectivity index (χ1n) is 10.9. The molecule has 1 atom stereocenters. The van der Waals surface area contributed by atoms with Crippen LogP contribution in [0.25, 0.3) is 0 Å². The molecule has 1 aliphatic carbocycles. The molecule has 31 heavy (non-hydrogen) atoms. The van der Waals surface area contributed by atoms with E-state index < -0.39 is 11.9 Å². The number of carbonyl (C=O) groups is 4. The van der Waals surface area contributed by atoms with Gasteiger partial charge in [-0.15, -0.1) is 11.3 Å². The van der Waals surface area contributed by atoms with Gasteiger partial charge in [0.05, 0.1) is 31.2 Å². The summed E-state index contributed by atoms with van der Waals surface area (Å²) in [6.45, 7) is 3.03. The Hall–Kier alpha value is -2.30. The van der Waals surface area contributed by atoms with E-state index >= 15 is 0 Å². The fourth-order valence-electron chi connectivity index (χ4n) is 4.28. The highest BCUT2D eigenvalue weighted by molar-refractivity contribution is 7.16. The van der Waals surface area contributed by atoms with Crippen LogP contribution in [0.3, 0.4) is 0 Å². The first-order chi connectivity index (χ1) is 15.0. The summed E-state index contributed by atoms with van der Waals surface area (Å²) in [6, 6.07) is -0.695. The molecule has 0 aromatic carbocycles. The number of hydrogen-bond acceptors (Lipinski definition) is 7. The number of amides is 4. The molecule has 4 amide bonds. The van der Waals surface area contributed by atoms with Gasteiger partial charge in [0, 0.05) is 24.4 Å². The summed E-state index contributed by atoms with van der Waals surface area (Å²) in [4.78, 5) is 52.0. The fraction of sp³-hybridized carbons (Fsp3) is 0.619. The fourth-order valence-corrected chi connectivity index (χ4v) is 5.61. The largest absolute Gasteiger partial charge is 0.379 e. The number of piperidine rings is 1. The van der Waals surface area contributed by atoms with Gasteiger partial charge in [-0.25, -0.2) is 0 Å². The van der Waals surface area contributed by atoms with Crippen molar-refractivity contribution in [2.45, 2.75) is 51.0 Å². The Morgan fingerprint density at radius 3 is 2.65 bits per heavy atom. The highest BCUT2D eigenvalue weighted by atomic mass is 32.1. The van der Waals surface area contributed by atoms with Crippen molar-refractivity contribution in [2.24, 2.45) is 0 Å². The second-order valence-electron chi connectivity index (χ2n) is 8.20. The van der Waals surface area contributed by atoms with Gasteiger partial charge in [-0.1, -0.05) is 0 Å². The summed E-state index contributed by atoms with van der Waals surface area (Å²) in [6.07, 6.45) is 4.65. The minimum atomic E-state index is -0.695. The molecule has 2 saturated heterocycles. The molecule has 3 heterocycles. The summed E-state index contributed by atoms with van der Waals surface area (Å²) in [5.41, 5.74) is 2.02. The summed E-state index contributed by atoms with van der Waals surface area (Å²) >= 11 is 1.56. The minimum Gasteiger partial charge on any atom is -0.379 e. The Morgan fingerprint density at radius 2 is 1.87 bits per heavy atom. The van der Waals surface area contributed by atoms with Crippen LogP contribution in [0.5, 0.6) is 0 Å². The van der Waals surface area contributed by atoms with E-state index in [1.807, 2.05) is 0 Å². The average Bonchev–Trinajstić information content (AvgIpc) is 3.07. The molecule has 3 N–H and O–H groups in total. The van der Waals surface area contributed by atoms with E-state index in [9.17, 15) is 19.2 Å². The molecule has 168 valence electrons. The van der Waals surface area contributed by atoms with Crippen molar-refractivity contribution in [3.8, 4) is 0 Å². The van der Waals surface area contributed by atoms with E-state index in [0.29, 0.717) is 26.2 Å². The maximum atomic E-state index is 12.7. The number of morpholine rings is 1. The van der Waals surface area contributed by atoms with Gasteiger partial charge in [-0.05, 0) is 43.2 Å². The maximum Gasteiger partial charge on any atom is 0.249 e. The number of hydrogen-bond donors (Lipinski definition) is 3. The zero-order valence-electron chi connectivity index (χ0n) is 17.5. The standard InChI is InChI=1S/C21H28N4O5S/c26-17-6-5-15(20(29)23-17)22-18(27)11-14-13-3-1-2-4-16(13)31-21(14)24-19(28)12-25-7-9-30-10-8-25/h15H,1-12H2,(H,22,27)(H,24,28)(H,23,26,29). The lowest BCUT2D eigenvalue weighted by atomic mass is 9.94. The van der Waals surface area contributed by atoms with Crippen LogP contribution in [0.4, 0.5) is 5.00 Å². The Morgan fingerprint density at radius 1 is 1.10 bits per heavy atom. The molecule has 3 aliphatic rings. The monoisotopic (exact) mass is 448 g/mol. The second kappa shape index (κ2) is 9.88. The predicted molar refractivity (Wildman–Crippen MR) is 115 cm³/mol. The Bertz CT molecular complexity index is 877. The number of thiophene rings is 1. The number of fused-ring (bicyclic) bond motifs is 1. The number of nitrogens with one attached hydrogen (secondary N) is 3. The van der Waals surface area contributed by atoms with E-state index in [1.54, 1.807) is 11.3 Å². The molecule has 1 aromatic rings. The van der Waals surface area contributed by atoms with Crippen molar-refractivity contribution in [1.82, 2.24) is 15.5 Å². The zero-order chi connectivity index (χ0) is 21.8. The van der Waals surface area contributed by atoms with Crippen LogP contribution < -0.4 is 16.0 Å². The zero-order valence-corrected chi connectivity index (χ0v) is 18.3. The van der Waals surface area contributed by atoms with Crippen LogP contribution in [-0.2, 0) is 43.2 Å². The van der Waals surface area contributed by atoms with Crippen molar-refractivity contribution in [3.63, 3.8) is 0 Å². The van der Waals surface area contributed by atoms with E-state index in [1.165, 1.54) is 4.88 Å². The maximum absolute atomic E-state index is 12.7. The molecule has 4 rings (SSSR count). The van der Waals surface area contributed by atoms with Crippen LogP contribution in [0.1, 0.15) is 41.7 Å². The molecule has 2 fully saturated rings. The van der Waals surface area contributed by atoms with E-state index in [4.69, 9.17) is 4.74 Å². The highest BCUT2D eigenvalue weighted by Gasteiger charge is 2.29. The lowest BCUT2D eigenvalue weighted by Crippen LogP contribution is -2.52. The summed E-state index contributed by atoms with van der Waals surface area (Å²) in [5, 5.41) is 8.78. The van der Waals surface area contributed by atoms with Crippen LogP contribution in [0.15, 0.2) is 0 Å². The predicted octanol–water partition coefficient (Wildman–Crippen LogP) is 0.362. The normalized spacial score (nSPS) is 21.9. The van der Waals surface area contributed by atoms with Crippen molar-refractivity contribution in [2.75, 3.05) is 38.2 Å². The highest BCUT2D eigenvalue weighted by Crippen LogP contribution is 2.38. The van der Waals surface area contributed by atoms with E-state index in [-0.39, 0.29) is 30.6 Å². The Labute approximate surface area is 184 Å². The lowest BCUT2D eigenvalue weighted by molar-refractivity contribution is -0.137. The number of aryl methyl sites for hydroxylation is 1. The van der Waals surface area contributed by atoms with Gasteiger partial charge in [0.15, 0.2) is 0 Å². The summed E-state index contributed by atoms with van der Waals surface area (Å²) in [7, 11) is 0. The van der Waals surface area contributed by atoms with Crippen LogP contribution >= 0.6 is 11.3 Å². The number of anilines is 1. The van der Waals surface area contributed by atoms with Gasteiger partial charge in [0.2, 0.25) is 23.6 Å². The summed E-state index contributed by atoms with van der Waals surface area (Å²) < 4.78 is 5.33. The topological polar surface area (TPSA) is 117 Å². The van der Waals surface area contributed by atoms with Gasteiger partial charge in [0.25, 0.3) is 0 Å². The number of carbonyl (C=O) groups excluding carboxylic acids is 4. The van der Waals surface area contributed by atoms with E-state index in [0.717, 1.165) is 54.9 Å². The number of nitrogens with zero attached hydrogens (tertiary/aromatic N) is 1. The lowest BCUT2D eigenvalue weighted by Gasteiger charge is -2.25. The molecule has 10 heteroatoms. The molecule has 0 saturated carbocycles. The smallest absolute Gasteiger partial charge is 0.249 e. The molecule has 0 bridgehead atoms. The molecule has 9 nitrogen and oxygen atoms in total. The van der Waals surface area contributed by atoms with Gasteiger partial charge in [-0.2, -0.15) is 0 Å². The van der Waals surface area contributed by atoms with Crippen molar-refractivity contribution in [1.29, 1.82) is 0 Å². The first-order valence-corrected chi connectivity index (χ1v) is 11.7. The van der Waals surface area contributed by atoms with Gasteiger partial charge in [-0.3, -0.25) is 29.4 Å². The molecule has 0 radical (unpaired) electrons. The molecular formula is C21H28N4O5S. The van der Waals surface area contributed by atoms with Crippen LogP contribution in [0, 0.1) is 0 Å². The SMILES string of the molecule is O=C1CCC(NC(=O)Cc2c(NC(=O)CN3CCOCC3)sc3c2CCCC3)C(=O)N1. The third-order valence-corrected chi connectivity index (χ3v) is 7.17. The number of rotatable bonds is 6. The molecule has 1 aromatic heterocycles. The Kier molecular flexibility index (Phi) is 6.99. The minimum absolute atomic E-state index is 0.0904. The molecule has 0 spiro atoms. The second-order valence-corrected chi connectivity index (χ2v) is 9.31. The van der Waals surface area contributed by atoms with Crippen molar-refractivity contribution >= 4 is 40.0 Å². The third kappa shape index (κ3) is 5.50. The van der Waals surface area contributed by atoms with E-state index in [2.05, 4.69) is 20.9 Å². The Balaban J connectivity index is 1.43. The first kappa shape index (κ1) is 21.9. The van der Waals surface area contributed by atoms with Crippen molar-refractivity contribution < 1.29 is 23.9 Å². The van der Waals surface area contributed by atoms with Crippen LogP contribution in [0.2, 0.25) is 0 Å². The van der Waals surface area contributed by atoms with Gasteiger partial charge >= 0.3 is 0 Å². The third-order valence-electron chi connectivity index (χ3n) is 5.92. The number of ether oxygens (including phenoxy) is 1. The quantitative estimate of drug-likeness (QED) is 0.541. The van der Waals surface area contributed by atoms with Gasteiger partial charge in [0.1, 0.15) is 6.04 Å². The van der Waals surface area contributed by atoms with Crippen LogP contribution in [-0.4, -0.2) is 67.4 Å². The average molecular weight is 449 g/mol. The summed E-state index contributed by atoms with van der Waals surface area (Å²) in [5.74, 6) is -1.14. The van der Waals surface area contributed by atoms with Gasteiger partial charge < -0.3 is 15.4 Å². The number of imide groups is 1. The van der Waals surface area contributed by atoms with Crippen molar-refractivity contribution in [3.05, 3.63) is 16.0 Å².